The van der Waals surface area contributed by atoms with Gasteiger partial charge in [-0.25, -0.2) is 0 Å². The Kier molecular flexibility index (Phi) is 113. The topological polar surface area (TPSA) is 0 Å². The second-order valence-electron chi connectivity index (χ2n) is 0. The monoisotopic (exact) mass is 78.0 g/mol. The molecule has 0 aliphatic carbocycles. The third-order valence-corrected chi connectivity index (χ3v) is 0. The Hall–Kier alpha value is 3.13. The summed E-state index contributed by atoms with van der Waals surface area (Å²) < 4.78 is 0. The van der Waals surface area contributed by atoms with Gasteiger partial charge in [-0.05, 0) is 0 Å². The summed E-state index contributed by atoms with van der Waals surface area (Å²) in [5.74, 6) is 0. The zero-order valence-electron chi connectivity index (χ0n) is 3.41. The van der Waals surface area contributed by atoms with Crippen LogP contribution < -0.4 is 0 Å². The number of hydrogen-bond acceptors (Lipinski definition) is 0. The van der Waals surface area contributed by atoms with Gasteiger partial charge in [0, 0.05) is 94.5 Å². The molecule has 0 rings (SSSR count). The molecule has 0 bridgehead atoms. The molecule has 0 aliphatic heterocycles. The van der Waals surface area contributed by atoms with Crippen LogP contribution in [0.15, 0.2) is 0 Å². The summed E-state index contributed by atoms with van der Waals surface area (Å²) in [6.07, 6.45) is 0. The maximum absolute atomic E-state index is 0. The molecule has 0 amide bonds. The first-order valence-corrected chi connectivity index (χ1v) is 0. The first-order valence-electron chi connectivity index (χ1n) is 0. The SMILES string of the molecule is [Li].[Mg].[Mg].[Na]. The molecule has 0 N–H and O–H groups in total. The van der Waals surface area contributed by atoms with Crippen LogP contribution in [0.3, 0.4) is 0 Å². The Morgan fingerprint density at radius 2 is 0.750 bits per heavy atom. The van der Waals surface area contributed by atoms with Crippen LogP contribution in [0.25, 0.3) is 0 Å². The van der Waals surface area contributed by atoms with Gasteiger partial charge in [0.15, 0.2) is 0 Å². The molecule has 0 aliphatic rings. The van der Waals surface area contributed by atoms with Crippen molar-refractivity contribution in [3.8, 4) is 0 Å². The van der Waals surface area contributed by atoms with E-state index in [4.69, 9.17) is 0 Å². The average Bonchev–Trinajstić information content (AvgIpc) is 0. The molecule has 0 aromatic heterocycles. The van der Waals surface area contributed by atoms with Gasteiger partial charge >= 0.3 is 0 Å². The minimum Gasteiger partial charge on any atom is 0 e. The largest absolute Gasteiger partial charge is 0 e. The third kappa shape index (κ3) is 8.93. The fraction of sp³-hybridized carbons (Fsp3) is 0. The van der Waals surface area contributed by atoms with E-state index in [-0.39, 0.29) is 94.5 Å². The molecule has 4 heteroatoms. The van der Waals surface area contributed by atoms with Crippen molar-refractivity contribution in [2.75, 3.05) is 0 Å². The van der Waals surface area contributed by atoms with Crippen molar-refractivity contribution in [3.05, 3.63) is 0 Å². The molecule has 0 nitrogen and oxygen atoms in total. The summed E-state index contributed by atoms with van der Waals surface area (Å²) in [7, 11) is 0. The number of hydrogen-bond donors (Lipinski definition) is 0. The smallest absolute Gasteiger partial charge is 0 e. The summed E-state index contributed by atoms with van der Waals surface area (Å²) in [6.45, 7) is 0. The van der Waals surface area contributed by atoms with Crippen molar-refractivity contribution in [3.63, 3.8) is 0 Å². The van der Waals surface area contributed by atoms with Crippen LogP contribution in [0, 0.1) is 0 Å². The molecule has 0 aromatic carbocycles. The van der Waals surface area contributed by atoms with Gasteiger partial charge in [0.1, 0.15) is 0 Å². The quantitative estimate of drug-likeness (QED) is 0.309. The van der Waals surface area contributed by atoms with Crippen LogP contribution in [0.2, 0.25) is 0 Å². The summed E-state index contributed by atoms with van der Waals surface area (Å²) in [4.78, 5) is 0. The van der Waals surface area contributed by atoms with Crippen molar-refractivity contribution < 1.29 is 0 Å². The predicted molar refractivity (Wildman–Crippen MR) is 23.0 cm³/mol. The number of rotatable bonds is 0. The predicted octanol–water partition coefficient (Wildman–Crippen LogP) is -1.52. The van der Waals surface area contributed by atoms with E-state index >= 15 is 0 Å². The Morgan fingerprint density at radius 3 is 0.750 bits per heavy atom. The van der Waals surface area contributed by atoms with Crippen LogP contribution in [0.1, 0.15) is 0 Å². The van der Waals surface area contributed by atoms with E-state index in [1.807, 2.05) is 0 Å². The molecular formula is LiMg2Na. The zero-order chi connectivity index (χ0) is 0. The van der Waals surface area contributed by atoms with Crippen molar-refractivity contribution in [2.24, 2.45) is 0 Å². The van der Waals surface area contributed by atoms with Gasteiger partial charge in [0.05, 0.1) is 0 Å². The first kappa shape index (κ1) is 27.3. The van der Waals surface area contributed by atoms with Gasteiger partial charge in [-0.15, -0.1) is 0 Å². The van der Waals surface area contributed by atoms with E-state index < -0.39 is 0 Å². The van der Waals surface area contributed by atoms with Gasteiger partial charge in [0.25, 0.3) is 0 Å². The fourth-order valence-corrected chi connectivity index (χ4v) is 0. The Labute approximate surface area is 92.6 Å². The van der Waals surface area contributed by atoms with Crippen molar-refractivity contribution in [2.45, 2.75) is 0 Å². The molecule has 0 heterocycles. The Morgan fingerprint density at radius 1 is 0.750 bits per heavy atom. The van der Waals surface area contributed by atoms with E-state index in [1.165, 1.54) is 0 Å². The first-order chi connectivity index (χ1) is 0. The van der Waals surface area contributed by atoms with Gasteiger partial charge in [0.2, 0.25) is 0 Å². The molecule has 0 unspecified atom stereocenters. The second-order valence-corrected chi connectivity index (χ2v) is 0. The van der Waals surface area contributed by atoms with Crippen molar-refractivity contribution >= 4 is 94.5 Å². The van der Waals surface area contributed by atoms with Crippen LogP contribution >= 0.6 is 0 Å². The molecule has 0 saturated carbocycles. The van der Waals surface area contributed by atoms with Crippen LogP contribution in [0.4, 0.5) is 0 Å². The molecular weight excluding hydrogens is 78.5 g/mol. The van der Waals surface area contributed by atoms with Gasteiger partial charge < -0.3 is 0 Å². The van der Waals surface area contributed by atoms with Crippen molar-refractivity contribution in [1.82, 2.24) is 0 Å². The summed E-state index contributed by atoms with van der Waals surface area (Å²) >= 11 is 0. The Balaban J connectivity index is 0. The molecule has 0 saturated heterocycles. The Bertz CT molecular complexity index is 6.00. The summed E-state index contributed by atoms with van der Waals surface area (Å²) in [5.41, 5.74) is 0. The van der Waals surface area contributed by atoms with Crippen LogP contribution in [-0.2, 0) is 0 Å². The van der Waals surface area contributed by atoms with Crippen LogP contribution in [0.5, 0.6) is 0 Å². The maximum Gasteiger partial charge on any atom is 0 e. The van der Waals surface area contributed by atoms with Crippen LogP contribution in [-0.4, -0.2) is 94.5 Å². The van der Waals surface area contributed by atoms with E-state index in [0.717, 1.165) is 0 Å². The van der Waals surface area contributed by atoms with E-state index in [1.54, 1.807) is 0 Å². The molecule has 4 heavy (non-hydrogen) atoms. The second kappa shape index (κ2) is 16.5. The summed E-state index contributed by atoms with van der Waals surface area (Å²) in [5, 5.41) is 0. The minimum atomic E-state index is 0. The van der Waals surface area contributed by atoms with Gasteiger partial charge in [-0.2, -0.15) is 0 Å². The third-order valence-electron chi connectivity index (χ3n) is 0. The standard InChI is InChI=1S/Li.2Mg.Na. The molecule has 6 radical (unpaired) electrons. The van der Waals surface area contributed by atoms with Gasteiger partial charge in [-0.1, -0.05) is 0 Å². The van der Waals surface area contributed by atoms with Crippen molar-refractivity contribution in [1.29, 1.82) is 0 Å². The minimum absolute atomic E-state index is 0. The fourth-order valence-electron chi connectivity index (χ4n) is 0. The molecule has 0 fully saturated rings. The zero-order valence-corrected chi connectivity index (χ0v) is 8.24. The molecule has 0 aromatic rings. The normalized spacial score (nSPS) is 0. The van der Waals surface area contributed by atoms with Gasteiger partial charge in [-0.3, -0.25) is 0 Å². The van der Waals surface area contributed by atoms with E-state index in [9.17, 15) is 0 Å². The molecule has 0 spiro atoms. The average molecular weight is 78.5 g/mol. The molecule has 6 valence electrons. The summed E-state index contributed by atoms with van der Waals surface area (Å²) in [6, 6.07) is 0. The maximum atomic E-state index is 0. The van der Waals surface area contributed by atoms with E-state index in [0.29, 0.717) is 0 Å². The molecule has 0 atom stereocenters. The van der Waals surface area contributed by atoms with E-state index in [2.05, 4.69) is 0 Å².